The topological polar surface area (TPSA) is 603 Å². The summed E-state index contributed by atoms with van der Waals surface area (Å²) in [7, 11) is 0. The minimum atomic E-state index is -1.83. The molecule has 406 valence electrons. The summed E-state index contributed by atoms with van der Waals surface area (Å²) in [5, 5.41) is 85.4. The van der Waals surface area contributed by atoms with E-state index in [9.17, 15) is 68.1 Å². The fourth-order valence-corrected chi connectivity index (χ4v) is 5.94. The van der Waals surface area contributed by atoms with E-state index in [-0.39, 0.29) is 63.7 Å². The van der Waals surface area contributed by atoms with Crippen molar-refractivity contribution in [1.82, 2.24) is 58.5 Å². The lowest BCUT2D eigenvalue weighted by atomic mass is 10.1. The monoisotopic (exact) mass is 1030 g/mol. The van der Waals surface area contributed by atoms with Crippen LogP contribution in [0, 0.1) is 16.2 Å². The molecule has 0 radical (unpaired) electrons. The Balaban J connectivity index is 5.98. The van der Waals surface area contributed by atoms with Crippen molar-refractivity contribution >= 4 is 83.0 Å². The predicted molar refractivity (Wildman–Crippen MR) is 250 cm³/mol. The number of carbonyl (C=O) groups is 11. The van der Waals surface area contributed by atoms with Crippen molar-refractivity contribution < 1.29 is 73.2 Å². The standard InChI is InChI=1S/C38H69N19O15/c1-17(59)28(34(70)55-21(35(71)72)8-9-27(63)64)57-26(62)15-51-31(67)22(13-24(40)60)56-32(68)20(7-4-12-49-38(45)46)54-33(69)23(16-58)52-25(61)14-50-30(66)19(6-3-11-48-37(43)44)53-29(65)18(39)5-2-10-47-36(41)42/h17-23,28,58-59H,2-16,39H2,1H3,(H2,40,60)(H,50,66)(H,51,67)(H,52,61)(H,53,65)(H,54,69)(H,55,70)(H,56,68)(H,57,62)(H,63,64)(H,71,72)(H4,41,42,47)(H4,43,44,48)(H4,45,46,49)/t17-,18+,19+,20+,21+,22+,23+,28+/m1/s1. The van der Waals surface area contributed by atoms with Gasteiger partial charge in [0.2, 0.25) is 53.2 Å². The first kappa shape index (κ1) is 63.9. The Morgan fingerprint density at radius 1 is 0.500 bits per heavy atom. The number of carboxylic acid groups (broad SMARTS) is 2. The maximum Gasteiger partial charge on any atom is 0.326 e. The first-order valence-electron chi connectivity index (χ1n) is 22.0. The Labute approximate surface area is 411 Å². The van der Waals surface area contributed by atoms with Crippen LogP contribution in [0.3, 0.4) is 0 Å². The van der Waals surface area contributed by atoms with E-state index in [1.165, 1.54) is 0 Å². The quantitative estimate of drug-likeness (QED) is 0.0157. The second-order valence-corrected chi connectivity index (χ2v) is 15.8. The Bertz CT molecular complexity index is 1940. The van der Waals surface area contributed by atoms with Gasteiger partial charge >= 0.3 is 11.9 Å². The largest absolute Gasteiger partial charge is 0.481 e. The molecule has 8 atom stereocenters. The van der Waals surface area contributed by atoms with Crippen LogP contribution in [0.5, 0.6) is 0 Å². The highest BCUT2D eigenvalue weighted by Gasteiger charge is 2.33. The number of nitrogens with one attached hydrogen (secondary N) is 14. The van der Waals surface area contributed by atoms with Gasteiger partial charge in [0.15, 0.2) is 17.9 Å². The van der Waals surface area contributed by atoms with Crippen LogP contribution < -0.4 is 87.2 Å². The molecule has 0 heterocycles. The van der Waals surface area contributed by atoms with Crippen LogP contribution in [0.4, 0.5) is 0 Å². The average molecular weight is 1030 g/mol. The summed E-state index contributed by atoms with van der Waals surface area (Å²) in [6.07, 6.45) is -3.34. The number of carboxylic acids is 2. The number of carbonyl (C=O) groups excluding carboxylic acids is 9. The molecule has 72 heavy (non-hydrogen) atoms. The van der Waals surface area contributed by atoms with Gasteiger partial charge < -0.3 is 108 Å². The SMILES string of the molecule is C[C@@H](O)[C@H](NC(=O)CNC(=O)[C@H](CC(N)=O)NC(=O)[C@H](CCCNC(=N)N)NC(=O)[C@H](CO)NC(=O)CNC(=O)[C@H](CCCNC(=N)N)NC(=O)[C@@H](N)CCCNC(=N)N)C(=O)N[C@@H](CCC(=O)O)C(=O)O. The summed E-state index contributed by atoms with van der Waals surface area (Å²) >= 11 is 0. The number of nitrogens with two attached hydrogens (primary N) is 5. The third kappa shape index (κ3) is 28.4. The van der Waals surface area contributed by atoms with E-state index in [1.807, 2.05) is 5.32 Å². The fraction of sp³-hybridized carbons (Fsp3) is 0.632. The molecule has 0 rings (SSSR count). The molecule has 0 aliphatic rings. The van der Waals surface area contributed by atoms with Gasteiger partial charge in [0, 0.05) is 26.1 Å². The number of guanidine groups is 3. The molecule has 0 unspecified atom stereocenters. The lowest BCUT2D eigenvalue weighted by molar-refractivity contribution is -0.144. The van der Waals surface area contributed by atoms with E-state index in [4.69, 9.17) is 50.0 Å². The second kappa shape index (κ2) is 34.2. The second-order valence-electron chi connectivity index (χ2n) is 15.8. The summed E-state index contributed by atoms with van der Waals surface area (Å²) in [4.78, 5) is 139. The molecule has 0 aliphatic carbocycles. The van der Waals surface area contributed by atoms with E-state index in [0.717, 1.165) is 6.92 Å². The molecule has 0 saturated heterocycles. The maximum absolute atomic E-state index is 13.6. The highest BCUT2D eigenvalue weighted by molar-refractivity contribution is 5.98. The van der Waals surface area contributed by atoms with Gasteiger partial charge in [0.25, 0.3) is 0 Å². The van der Waals surface area contributed by atoms with Crippen LogP contribution in [-0.4, -0.2) is 191 Å². The first-order valence-corrected chi connectivity index (χ1v) is 22.0. The van der Waals surface area contributed by atoms with Crippen molar-refractivity contribution in [1.29, 1.82) is 16.2 Å². The molecule has 0 saturated carbocycles. The molecule has 0 aromatic carbocycles. The summed E-state index contributed by atoms with van der Waals surface area (Å²) in [5.74, 6) is -13.7. The van der Waals surface area contributed by atoms with Crippen LogP contribution >= 0.6 is 0 Å². The summed E-state index contributed by atoms with van der Waals surface area (Å²) in [6, 6.07) is -11.1. The molecule has 28 N–H and O–H groups in total. The number of hydrogen-bond acceptors (Lipinski definition) is 17. The number of aliphatic carboxylic acids is 2. The number of hydrogen-bond donors (Lipinski definition) is 23. The Morgan fingerprint density at radius 3 is 1.36 bits per heavy atom. The maximum atomic E-state index is 13.6. The van der Waals surface area contributed by atoms with E-state index in [2.05, 4.69) is 53.2 Å². The van der Waals surface area contributed by atoms with Gasteiger partial charge in [-0.25, -0.2) is 4.79 Å². The number of primary amides is 1. The van der Waals surface area contributed by atoms with Crippen molar-refractivity contribution in [3.05, 3.63) is 0 Å². The minimum absolute atomic E-state index is 0.00226. The molecular weight excluding hydrogens is 963 g/mol. The van der Waals surface area contributed by atoms with E-state index in [0.29, 0.717) is 6.42 Å². The van der Waals surface area contributed by atoms with Gasteiger partial charge in [-0.1, -0.05) is 0 Å². The first-order chi connectivity index (χ1) is 33.7. The highest BCUT2D eigenvalue weighted by Crippen LogP contribution is 2.05. The van der Waals surface area contributed by atoms with Crippen LogP contribution in [0.15, 0.2) is 0 Å². The van der Waals surface area contributed by atoms with Crippen molar-refractivity contribution in [3.8, 4) is 0 Å². The highest BCUT2D eigenvalue weighted by atomic mass is 16.4. The van der Waals surface area contributed by atoms with Crippen molar-refractivity contribution in [2.75, 3.05) is 39.3 Å². The molecular formula is C38H69N19O15. The van der Waals surface area contributed by atoms with Crippen molar-refractivity contribution in [2.24, 2.45) is 28.7 Å². The Kier molecular flexibility index (Phi) is 30.3. The summed E-state index contributed by atoms with van der Waals surface area (Å²) in [6.45, 7) is -1.44. The smallest absolute Gasteiger partial charge is 0.326 e. The van der Waals surface area contributed by atoms with Crippen LogP contribution in [0.25, 0.3) is 0 Å². The molecule has 0 bridgehead atoms. The third-order valence-corrected chi connectivity index (χ3v) is 9.64. The summed E-state index contributed by atoms with van der Waals surface area (Å²) in [5.41, 5.74) is 27.1. The van der Waals surface area contributed by atoms with E-state index in [1.54, 1.807) is 0 Å². The molecule has 34 heteroatoms. The van der Waals surface area contributed by atoms with Crippen LogP contribution in [-0.2, 0) is 52.7 Å². The molecule has 34 nitrogen and oxygen atoms in total. The Hall–Kier alpha value is -8.14. The third-order valence-electron chi connectivity index (χ3n) is 9.64. The zero-order valence-electron chi connectivity index (χ0n) is 39.4. The lowest BCUT2D eigenvalue weighted by Crippen LogP contribution is -2.59. The summed E-state index contributed by atoms with van der Waals surface area (Å²) < 4.78 is 0. The molecule has 0 aromatic heterocycles. The minimum Gasteiger partial charge on any atom is -0.481 e. The molecule has 0 aromatic rings. The fourth-order valence-electron chi connectivity index (χ4n) is 5.94. The van der Waals surface area contributed by atoms with E-state index >= 15 is 0 Å². The van der Waals surface area contributed by atoms with Crippen LogP contribution in [0.1, 0.15) is 64.7 Å². The van der Waals surface area contributed by atoms with Gasteiger partial charge in [-0.05, 0) is 51.9 Å². The van der Waals surface area contributed by atoms with Gasteiger partial charge in [-0.3, -0.25) is 64.2 Å². The average Bonchev–Trinajstić information content (AvgIpc) is 3.29. The number of aliphatic hydroxyl groups excluding tert-OH is 2. The molecule has 0 spiro atoms. The number of amides is 9. The molecule has 9 amide bonds. The van der Waals surface area contributed by atoms with E-state index < -0.39 is 158 Å². The van der Waals surface area contributed by atoms with Crippen molar-refractivity contribution in [3.63, 3.8) is 0 Å². The van der Waals surface area contributed by atoms with Gasteiger partial charge in [0.05, 0.1) is 38.3 Å². The lowest BCUT2D eigenvalue weighted by Gasteiger charge is -2.25. The van der Waals surface area contributed by atoms with Gasteiger partial charge in [0.1, 0.15) is 36.3 Å². The van der Waals surface area contributed by atoms with Crippen LogP contribution in [0.2, 0.25) is 0 Å². The van der Waals surface area contributed by atoms with Gasteiger partial charge in [-0.2, -0.15) is 0 Å². The zero-order valence-corrected chi connectivity index (χ0v) is 39.4. The zero-order chi connectivity index (χ0) is 55.1. The Morgan fingerprint density at radius 2 is 0.917 bits per heavy atom. The molecule has 0 fully saturated rings. The molecule has 0 aliphatic heterocycles. The van der Waals surface area contributed by atoms with Gasteiger partial charge in [-0.15, -0.1) is 0 Å². The normalized spacial score (nSPS) is 13.9. The number of rotatable bonds is 36. The number of aliphatic hydroxyl groups is 2. The van der Waals surface area contributed by atoms with Crippen molar-refractivity contribution in [2.45, 2.75) is 113 Å². The predicted octanol–water partition coefficient (Wildman–Crippen LogP) is -10.6.